The Hall–Kier alpha value is -2.83. The standard InChI is InChI=1S/C19H21N7/c1-3-15-19-24-23-12(2)25(19)16-11-21-17(13-7-9-20-10-8-13)22-18(16)26(15)14-5-4-6-14/h7-11,14-15H,3-6H2,1-2H3. The van der Waals surface area contributed by atoms with Crippen LogP contribution >= 0.6 is 0 Å². The average Bonchev–Trinajstić information content (AvgIpc) is 3.02. The van der Waals surface area contributed by atoms with Crippen molar-refractivity contribution < 1.29 is 0 Å². The van der Waals surface area contributed by atoms with Gasteiger partial charge in [-0.2, -0.15) is 0 Å². The molecule has 0 amide bonds. The molecule has 0 aromatic carbocycles. The Bertz CT molecular complexity index is 946. The number of fused-ring (bicyclic) bond motifs is 3. The van der Waals surface area contributed by atoms with E-state index >= 15 is 0 Å². The van der Waals surface area contributed by atoms with Crippen LogP contribution in [0, 0.1) is 6.92 Å². The van der Waals surface area contributed by atoms with Crippen molar-refractivity contribution in [2.24, 2.45) is 0 Å². The molecule has 1 aliphatic heterocycles. The SMILES string of the molecule is CCC1c2nnc(C)n2-c2cnc(-c3ccncc3)nc2N1C1CCC1. The lowest BCUT2D eigenvalue weighted by atomic mass is 9.89. The molecular formula is C19H21N7. The van der Waals surface area contributed by atoms with E-state index in [1.54, 1.807) is 12.4 Å². The molecule has 5 rings (SSSR count). The maximum Gasteiger partial charge on any atom is 0.161 e. The Balaban J connectivity index is 1.72. The summed E-state index contributed by atoms with van der Waals surface area (Å²) in [5.41, 5.74) is 1.97. The van der Waals surface area contributed by atoms with E-state index in [4.69, 9.17) is 4.98 Å². The first kappa shape index (κ1) is 15.4. The van der Waals surface area contributed by atoms with Crippen molar-refractivity contribution in [2.75, 3.05) is 4.90 Å². The summed E-state index contributed by atoms with van der Waals surface area (Å²) in [7, 11) is 0. The molecule has 3 aromatic heterocycles. The lowest BCUT2D eigenvalue weighted by molar-refractivity contribution is 0.341. The summed E-state index contributed by atoms with van der Waals surface area (Å²) in [4.78, 5) is 16.2. The minimum absolute atomic E-state index is 0.203. The first-order valence-electron chi connectivity index (χ1n) is 9.26. The van der Waals surface area contributed by atoms with Gasteiger partial charge >= 0.3 is 0 Å². The van der Waals surface area contributed by atoms with Crippen LogP contribution in [0.1, 0.15) is 50.3 Å². The van der Waals surface area contributed by atoms with Crippen LogP contribution in [-0.4, -0.2) is 35.8 Å². The van der Waals surface area contributed by atoms with Crippen molar-refractivity contribution in [3.63, 3.8) is 0 Å². The van der Waals surface area contributed by atoms with Crippen molar-refractivity contribution in [1.82, 2.24) is 29.7 Å². The van der Waals surface area contributed by atoms with Crippen molar-refractivity contribution in [3.05, 3.63) is 42.4 Å². The summed E-state index contributed by atoms with van der Waals surface area (Å²) in [5.74, 6) is 3.62. The molecule has 1 saturated carbocycles. The van der Waals surface area contributed by atoms with Gasteiger partial charge in [-0.3, -0.25) is 9.55 Å². The van der Waals surface area contributed by atoms with Gasteiger partial charge in [-0.15, -0.1) is 10.2 Å². The number of rotatable bonds is 3. The molecule has 0 N–H and O–H groups in total. The molecule has 7 nitrogen and oxygen atoms in total. The highest BCUT2D eigenvalue weighted by Crippen LogP contribution is 2.44. The Morgan fingerprint density at radius 2 is 1.96 bits per heavy atom. The molecule has 0 bridgehead atoms. The van der Waals surface area contributed by atoms with Gasteiger partial charge < -0.3 is 4.90 Å². The highest BCUT2D eigenvalue weighted by Gasteiger charge is 2.40. The molecule has 4 heterocycles. The highest BCUT2D eigenvalue weighted by atomic mass is 15.4. The Labute approximate surface area is 152 Å². The van der Waals surface area contributed by atoms with Gasteiger partial charge in [0.1, 0.15) is 11.5 Å². The van der Waals surface area contributed by atoms with E-state index in [1.165, 1.54) is 19.3 Å². The average molecular weight is 347 g/mol. The first-order valence-corrected chi connectivity index (χ1v) is 9.26. The van der Waals surface area contributed by atoms with Crippen molar-refractivity contribution in [3.8, 4) is 17.1 Å². The molecule has 0 radical (unpaired) electrons. The number of anilines is 1. The quantitative estimate of drug-likeness (QED) is 0.724. The van der Waals surface area contributed by atoms with Crippen LogP contribution in [0.4, 0.5) is 5.82 Å². The molecule has 1 unspecified atom stereocenters. The van der Waals surface area contributed by atoms with Crippen LogP contribution in [0.2, 0.25) is 0 Å². The first-order chi connectivity index (χ1) is 12.8. The minimum Gasteiger partial charge on any atom is -0.342 e. The lowest BCUT2D eigenvalue weighted by Gasteiger charge is -2.45. The summed E-state index contributed by atoms with van der Waals surface area (Å²) >= 11 is 0. The second-order valence-electron chi connectivity index (χ2n) is 7.00. The number of nitrogens with zero attached hydrogens (tertiary/aromatic N) is 7. The minimum atomic E-state index is 0.203. The third kappa shape index (κ3) is 2.16. The maximum absolute atomic E-state index is 5.00. The molecule has 0 saturated heterocycles. The fourth-order valence-electron chi connectivity index (χ4n) is 3.99. The number of aryl methyl sites for hydroxylation is 1. The molecule has 0 spiro atoms. The molecule has 1 fully saturated rings. The fraction of sp³-hybridized carbons (Fsp3) is 0.421. The topological polar surface area (TPSA) is 72.6 Å². The number of pyridine rings is 1. The van der Waals surface area contributed by atoms with Crippen molar-refractivity contribution in [1.29, 1.82) is 0 Å². The molecule has 1 atom stereocenters. The Kier molecular flexibility index (Phi) is 3.48. The lowest BCUT2D eigenvalue weighted by Crippen LogP contribution is -2.46. The third-order valence-electron chi connectivity index (χ3n) is 5.51. The van der Waals surface area contributed by atoms with Gasteiger partial charge in [-0.25, -0.2) is 9.97 Å². The number of hydrogen-bond acceptors (Lipinski definition) is 6. The Morgan fingerprint density at radius 3 is 2.65 bits per heavy atom. The summed E-state index contributed by atoms with van der Waals surface area (Å²) in [6.45, 7) is 4.20. The van der Waals surface area contributed by atoms with Crippen LogP contribution in [-0.2, 0) is 0 Å². The highest BCUT2D eigenvalue weighted by molar-refractivity contribution is 5.66. The van der Waals surface area contributed by atoms with Gasteiger partial charge in [0.05, 0.1) is 12.2 Å². The van der Waals surface area contributed by atoms with Gasteiger partial charge in [-0.1, -0.05) is 6.92 Å². The van der Waals surface area contributed by atoms with E-state index in [1.807, 2.05) is 25.3 Å². The van der Waals surface area contributed by atoms with Gasteiger partial charge in [0, 0.05) is 24.0 Å². The summed E-state index contributed by atoms with van der Waals surface area (Å²) in [6.07, 6.45) is 10.1. The van der Waals surface area contributed by atoms with Gasteiger partial charge in [-0.05, 0) is 44.7 Å². The predicted molar refractivity (Wildman–Crippen MR) is 98.1 cm³/mol. The fourth-order valence-corrected chi connectivity index (χ4v) is 3.99. The Morgan fingerprint density at radius 1 is 1.15 bits per heavy atom. The second kappa shape index (κ2) is 5.86. The summed E-state index contributed by atoms with van der Waals surface area (Å²) < 4.78 is 2.12. The van der Waals surface area contributed by atoms with Gasteiger partial charge in [0.25, 0.3) is 0 Å². The van der Waals surface area contributed by atoms with Crippen molar-refractivity contribution in [2.45, 2.75) is 51.6 Å². The summed E-state index contributed by atoms with van der Waals surface area (Å²) in [6, 6.07) is 4.62. The summed E-state index contributed by atoms with van der Waals surface area (Å²) in [5, 5.41) is 8.82. The molecule has 7 heteroatoms. The number of hydrogen-bond donors (Lipinski definition) is 0. The van der Waals surface area contributed by atoms with E-state index in [2.05, 4.69) is 36.6 Å². The van der Waals surface area contributed by atoms with Crippen LogP contribution < -0.4 is 4.90 Å². The van der Waals surface area contributed by atoms with Crippen LogP contribution in [0.5, 0.6) is 0 Å². The molecule has 3 aromatic rings. The van der Waals surface area contributed by atoms with Gasteiger partial charge in [0.15, 0.2) is 17.5 Å². The third-order valence-corrected chi connectivity index (χ3v) is 5.51. The zero-order chi connectivity index (χ0) is 17.7. The molecular weight excluding hydrogens is 326 g/mol. The van der Waals surface area contributed by atoms with E-state index < -0.39 is 0 Å². The molecule has 1 aliphatic carbocycles. The maximum atomic E-state index is 5.00. The van der Waals surface area contributed by atoms with E-state index in [0.717, 1.165) is 41.0 Å². The van der Waals surface area contributed by atoms with Gasteiger partial charge in [0.2, 0.25) is 0 Å². The van der Waals surface area contributed by atoms with E-state index in [-0.39, 0.29) is 6.04 Å². The molecule has 2 aliphatic rings. The van der Waals surface area contributed by atoms with Crippen LogP contribution in [0.15, 0.2) is 30.7 Å². The smallest absolute Gasteiger partial charge is 0.161 e. The normalized spacial score (nSPS) is 19.0. The predicted octanol–water partition coefficient (Wildman–Crippen LogP) is 3.25. The largest absolute Gasteiger partial charge is 0.342 e. The monoisotopic (exact) mass is 347 g/mol. The molecule has 132 valence electrons. The van der Waals surface area contributed by atoms with Crippen molar-refractivity contribution >= 4 is 5.82 Å². The van der Waals surface area contributed by atoms with E-state index in [0.29, 0.717) is 6.04 Å². The zero-order valence-electron chi connectivity index (χ0n) is 15.0. The van der Waals surface area contributed by atoms with E-state index in [9.17, 15) is 0 Å². The zero-order valence-corrected chi connectivity index (χ0v) is 15.0. The second-order valence-corrected chi connectivity index (χ2v) is 7.00. The molecule has 26 heavy (non-hydrogen) atoms. The van der Waals surface area contributed by atoms with Crippen LogP contribution in [0.3, 0.4) is 0 Å². The number of aromatic nitrogens is 6. The van der Waals surface area contributed by atoms with Crippen LogP contribution in [0.25, 0.3) is 17.1 Å².